The summed E-state index contributed by atoms with van der Waals surface area (Å²) < 4.78 is 0. The van der Waals surface area contributed by atoms with Gasteiger partial charge in [0.05, 0.1) is 5.56 Å². The molecule has 0 bridgehead atoms. The molecule has 0 unspecified atom stereocenters. The van der Waals surface area contributed by atoms with Crippen LogP contribution in [0.4, 0.5) is 5.82 Å². The van der Waals surface area contributed by atoms with E-state index in [0.29, 0.717) is 24.3 Å². The predicted molar refractivity (Wildman–Crippen MR) is 66.2 cm³/mol. The molecule has 0 spiro atoms. The number of rotatable bonds is 4. The molecule has 5 heteroatoms. The van der Waals surface area contributed by atoms with Crippen molar-refractivity contribution in [2.24, 2.45) is 5.73 Å². The second kappa shape index (κ2) is 4.80. The number of nitrogens with two attached hydrogens (primary N) is 1. The highest BCUT2D eigenvalue weighted by atomic mass is 16.4. The summed E-state index contributed by atoms with van der Waals surface area (Å²) in [6.07, 6.45) is 1.65. The zero-order valence-electron chi connectivity index (χ0n) is 9.18. The Hall–Kier alpha value is -2.14. The second-order valence-corrected chi connectivity index (χ2v) is 3.58. The summed E-state index contributed by atoms with van der Waals surface area (Å²) in [5.74, 6) is -0.398. The average Bonchev–Trinajstić information content (AvgIpc) is 2.35. The number of hydrogen-bond donors (Lipinski definition) is 3. The van der Waals surface area contributed by atoms with Gasteiger partial charge in [0, 0.05) is 24.7 Å². The Bertz CT molecular complexity index is 549. The number of aromatic carboxylic acids is 1. The van der Waals surface area contributed by atoms with Gasteiger partial charge in [0.1, 0.15) is 5.82 Å². The van der Waals surface area contributed by atoms with Crippen LogP contribution < -0.4 is 11.1 Å². The van der Waals surface area contributed by atoms with Crippen LogP contribution in [-0.4, -0.2) is 29.1 Å². The van der Waals surface area contributed by atoms with Gasteiger partial charge in [-0.25, -0.2) is 9.78 Å². The van der Waals surface area contributed by atoms with Crippen molar-refractivity contribution < 1.29 is 9.90 Å². The Labute approximate surface area is 98.3 Å². The molecule has 0 fully saturated rings. The van der Waals surface area contributed by atoms with Crippen LogP contribution in [0, 0.1) is 0 Å². The number of carbonyl (C=O) groups is 1. The molecule has 0 aliphatic carbocycles. The third-order valence-electron chi connectivity index (χ3n) is 2.46. The lowest BCUT2D eigenvalue weighted by molar-refractivity contribution is 0.0699. The number of carboxylic acids is 1. The van der Waals surface area contributed by atoms with Crippen molar-refractivity contribution >= 4 is 22.6 Å². The van der Waals surface area contributed by atoms with E-state index in [1.165, 1.54) is 0 Å². The highest BCUT2D eigenvalue weighted by Gasteiger charge is 2.12. The number of fused-ring (bicyclic) bond motifs is 1. The average molecular weight is 231 g/mol. The first-order chi connectivity index (χ1) is 8.24. The first-order valence-corrected chi connectivity index (χ1v) is 5.29. The Balaban J connectivity index is 2.62. The van der Waals surface area contributed by atoms with Crippen LogP contribution in [0.5, 0.6) is 0 Å². The molecule has 0 atom stereocenters. The lowest BCUT2D eigenvalue weighted by atomic mass is 10.1. The van der Waals surface area contributed by atoms with E-state index in [0.717, 1.165) is 5.39 Å². The van der Waals surface area contributed by atoms with Crippen LogP contribution in [0.15, 0.2) is 30.5 Å². The molecule has 0 amide bonds. The molecule has 0 saturated carbocycles. The van der Waals surface area contributed by atoms with Gasteiger partial charge in [0.15, 0.2) is 0 Å². The Morgan fingerprint density at radius 3 is 2.94 bits per heavy atom. The third-order valence-corrected chi connectivity index (χ3v) is 2.46. The highest BCUT2D eigenvalue weighted by Crippen LogP contribution is 2.24. The molecule has 0 radical (unpaired) electrons. The number of nitrogens with zero attached hydrogens (tertiary/aromatic N) is 1. The number of carboxylic acid groups (broad SMARTS) is 1. The molecule has 4 N–H and O–H groups in total. The molecule has 0 saturated heterocycles. The van der Waals surface area contributed by atoms with Crippen LogP contribution in [0.3, 0.4) is 0 Å². The molecule has 1 aromatic carbocycles. The summed E-state index contributed by atoms with van der Waals surface area (Å²) >= 11 is 0. The van der Waals surface area contributed by atoms with Gasteiger partial charge in [-0.2, -0.15) is 0 Å². The minimum Gasteiger partial charge on any atom is -0.478 e. The van der Waals surface area contributed by atoms with Crippen LogP contribution in [0.2, 0.25) is 0 Å². The second-order valence-electron chi connectivity index (χ2n) is 3.58. The van der Waals surface area contributed by atoms with Gasteiger partial charge in [-0.15, -0.1) is 0 Å². The quantitative estimate of drug-likeness (QED) is 0.738. The standard InChI is InChI=1S/C12H13N3O2/c13-5-7-15-11-10-8(4-6-14-11)2-1-3-9(10)12(16)17/h1-4,6H,5,7,13H2,(H,14,15)(H,16,17). The lowest BCUT2D eigenvalue weighted by Crippen LogP contribution is -2.14. The van der Waals surface area contributed by atoms with Crippen molar-refractivity contribution in [1.82, 2.24) is 4.98 Å². The number of aromatic nitrogens is 1. The molecule has 5 nitrogen and oxygen atoms in total. The van der Waals surface area contributed by atoms with E-state index in [2.05, 4.69) is 10.3 Å². The van der Waals surface area contributed by atoms with Gasteiger partial charge in [-0.1, -0.05) is 12.1 Å². The zero-order valence-corrected chi connectivity index (χ0v) is 9.18. The Kier molecular flexibility index (Phi) is 3.20. The monoisotopic (exact) mass is 231 g/mol. The van der Waals surface area contributed by atoms with Gasteiger partial charge in [-0.05, 0) is 17.5 Å². The van der Waals surface area contributed by atoms with Gasteiger partial charge < -0.3 is 16.2 Å². The summed E-state index contributed by atoms with van der Waals surface area (Å²) in [6.45, 7) is 1.02. The minimum atomic E-state index is -0.959. The van der Waals surface area contributed by atoms with Crippen LogP contribution >= 0.6 is 0 Å². The normalized spacial score (nSPS) is 10.4. The molecule has 17 heavy (non-hydrogen) atoms. The Morgan fingerprint density at radius 2 is 2.24 bits per heavy atom. The molecule has 2 rings (SSSR count). The molecule has 0 aliphatic heterocycles. The first-order valence-electron chi connectivity index (χ1n) is 5.29. The molecule has 0 aliphatic rings. The molecule has 1 heterocycles. The number of nitrogens with one attached hydrogen (secondary N) is 1. The van der Waals surface area contributed by atoms with Gasteiger partial charge in [0.2, 0.25) is 0 Å². The SMILES string of the molecule is NCCNc1nccc2cccc(C(=O)O)c12. The van der Waals surface area contributed by atoms with Crippen molar-refractivity contribution in [1.29, 1.82) is 0 Å². The smallest absolute Gasteiger partial charge is 0.336 e. The topological polar surface area (TPSA) is 88.2 Å². The number of pyridine rings is 1. The van der Waals surface area contributed by atoms with E-state index in [4.69, 9.17) is 10.8 Å². The lowest BCUT2D eigenvalue weighted by Gasteiger charge is -2.09. The van der Waals surface area contributed by atoms with E-state index < -0.39 is 5.97 Å². The summed E-state index contributed by atoms with van der Waals surface area (Å²) in [4.78, 5) is 15.3. The van der Waals surface area contributed by atoms with E-state index in [-0.39, 0.29) is 5.56 Å². The van der Waals surface area contributed by atoms with Gasteiger partial charge >= 0.3 is 5.97 Å². The zero-order chi connectivity index (χ0) is 12.3. The van der Waals surface area contributed by atoms with E-state index in [9.17, 15) is 4.79 Å². The molecule has 88 valence electrons. The Morgan fingerprint density at radius 1 is 1.41 bits per heavy atom. The maximum atomic E-state index is 11.2. The van der Waals surface area contributed by atoms with Crippen LogP contribution in [-0.2, 0) is 0 Å². The third kappa shape index (κ3) is 2.19. The largest absolute Gasteiger partial charge is 0.478 e. The molecular formula is C12H13N3O2. The number of anilines is 1. The van der Waals surface area contributed by atoms with Gasteiger partial charge in [-0.3, -0.25) is 0 Å². The highest BCUT2D eigenvalue weighted by molar-refractivity contribution is 6.08. The summed E-state index contributed by atoms with van der Waals surface area (Å²) in [5, 5.41) is 13.7. The summed E-state index contributed by atoms with van der Waals surface area (Å²) in [5.41, 5.74) is 5.66. The number of hydrogen-bond acceptors (Lipinski definition) is 4. The predicted octanol–water partition coefficient (Wildman–Crippen LogP) is 1.30. The molecule has 2 aromatic rings. The minimum absolute atomic E-state index is 0.245. The van der Waals surface area contributed by atoms with Crippen molar-refractivity contribution in [3.8, 4) is 0 Å². The van der Waals surface area contributed by atoms with E-state index >= 15 is 0 Å². The maximum absolute atomic E-state index is 11.2. The fourth-order valence-electron chi connectivity index (χ4n) is 1.73. The van der Waals surface area contributed by atoms with E-state index in [1.54, 1.807) is 24.4 Å². The summed E-state index contributed by atoms with van der Waals surface area (Å²) in [7, 11) is 0. The maximum Gasteiger partial charge on any atom is 0.336 e. The van der Waals surface area contributed by atoms with Gasteiger partial charge in [0.25, 0.3) is 0 Å². The first kappa shape index (κ1) is 11.3. The van der Waals surface area contributed by atoms with Crippen molar-refractivity contribution in [3.63, 3.8) is 0 Å². The fourth-order valence-corrected chi connectivity index (χ4v) is 1.73. The van der Waals surface area contributed by atoms with Crippen molar-refractivity contribution in [2.75, 3.05) is 18.4 Å². The molecular weight excluding hydrogens is 218 g/mol. The van der Waals surface area contributed by atoms with Crippen molar-refractivity contribution in [2.45, 2.75) is 0 Å². The number of benzene rings is 1. The fraction of sp³-hybridized carbons (Fsp3) is 0.167. The van der Waals surface area contributed by atoms with Crippen LogP contribution in [0.25, 0.3) is 10.8 Å². The van der Waals surface area contributed by atoms with Crippen molar-refractivity contribution in [3.05, 3.63) is 36.0 Å². The molecule has 1 aromatic heterocycles. The van der Waals surface area contributed by atoms with Crippen LogP contribution in [0.1, 0.15) is 10.4 Å². The van der Waals surface area contributed by atoms with E-state index in [1.807, 2.05) is 6.07 Å². The summed E-state index contributed by atoms with van der Waals surface area (Å²) in [6, 6.07) is 6.94.